The Morgan fingerprint density at radius 3 is 2.77 bits per heavy atom. The molecule has 0 spiro atoms. The minimum Gasteiger partial charge on any atom is -0.343 e. The highest BCUT2D eigenvalue weighted by Crippen LogP contribution is 2.40. The van der Waals surface area contributed by atoms with Crippen LogP contribution < -0.4 is 10.9 Å². The number of hydrogen-bond donors (Lipinski definition) is 1. The molecule has 114 valence electrons. The third-order valence-corrected chi connectivity index (χ3v) is 3.98. The molecule has 1 atom stereocenters. The number of pyridine rings is 2. The lowest BCUT2D eigenvalue weighted by Crippen LogP contribution is -2.35. The van der Waals surface area contributed by atoms with Gasteiger partial charge in [-0.1, -0.05) is 6.07 Å². The average molecular weight is 297 g/mol. The second-order valence-electron chi connectivity index (χ2n) is 5.83. The summed E-state index contributed by atoms with van der Waals surface area (Å²) in [5.41, 5.74) is 1.67. The molecule has 0 aromatic carbocycles. The van der Waals surface area contributed by atoms with Gasteiger partial charge in [0.25, 0.3) is 11.5 Å². The lowest BCUT2D eigenvalue weighted by molar-refractivity contribution is 0.0928. The average Bonchev–Trinajstić information content (AvgIpc) is 3.32. The highest BCUT2D eigenvalue weighted by molar-refractivity contribution is 5.94. The van der Waals surface area contributed by atoms with Gasteiger partial charge in [0.2, 0.25) is 0 Å². The second-order valence-corrected chi connectivity index (χ2v) is 5.83. The molecule has 1 fully saturated rings. The molecule has 0 unspecified atom stereocenters. The maximum absolute atomic E-state index is 12.5. The van der Waals surface area contributed by atoms with Gasteiger partial charge in [-0.2, -0.15) is 0 Å². The van der Waals surface area contributed by atoms with Crippen molar-refractivity contribution in [1.82, 2.24) is 14.9 Å². The van der Waals surface area contributed by atoms with Crippen LogP contribution in [-0.2, 0) is 7.05 Å². The third kappa shape index (κ3) is 2.93. The smallest absolute Gasteiger partial charge is 0.263 e. The fraction of sp³-hybridized carbons (Fsp3) is 0.353. The highest BCUT2D eigenvalue weighted by atomic mass is 16.2. The van der Waals surface area contributed by atoms with E-state index in [2.05, 4.69) is 10.3 Å². The summed E-state index contributed by atoms with van der Waals surface area (Å²) in [7, 11) is 1.64. The number of carbonyl (C=O) groups is 1. The molecule has 0 saturated heterocycles. The summed E-state index contributed by atoms with van der Waals surface area (Å²) in [4.78, 5) is 29.0. The van der Waals surface area contributed by atoms with E-state index in [1.54, 1.807) is 25.4 Å². The molecular weight excluding hydrogens is 278 g/mol. The van der Waals surface area contributed by atoms with Crippen LogP contribution in [0.3, 0.4) is 0 Å². The van der Waals surface area contributed by atoms with Crippen molar-refractivity contribution in [3.8, 4) is 0 Å². The van der Waals surface area contributed by atoms with Gasteiger partial charge in [0.05, 0.1) is 11.7 Å². The van der Waals surface area contributed by atoms with Gasteiger partial charge in [-0.3, -0.25) is 14.6 Å². The standard InChI is InChI=1S/C17H19N3O2/c1-11-5-3-7-14(18-11)15(12-8-9-12)19-16(21)13-6-4-10-20(2)17(13)22/h3-7,10,12,15H,8-9H2,1-2H3,(H,19,21)/t15-/m1/s1. The van der Waals surface area contributed by atoms with Gasteiger partial charge in [0, 0.05) is 18.9 Å². The summed E-state index contributed by atoms with van der Waals surface area (Å²) in [6, 6.07) is 8.94. The van der Waals surface area contributed by atoms with Crippen LogP contribution >= 0.6 is 0 Å². The van der Waals surface area contributed by atoms with Gasteiger partial charge in [-0.05, 0) is 49.9 Å². The van der Waals surface area contributed by atoms with Crippen LogP contribution in [0.5, 0.6) is 0 Å². The van der Waals surface area contributed by atoms with E-state index in [1.807, 2.05) is 25.1 Å². The van der Waals surface area contributed by atoms with Crippen molar-refractivity contribution < 1.29 is 4.79 Å². The zero-order valence-corrected chi connectivity index (χ0v) is 12.7. The Balaban J connectivity index is 1.87. The van der Waals surface area contributed by atoms with Crippen molar-refractivity contribution in [2.75, 3.05) is 0 Å². The molecule has 0 bridgehead atoms. The summed E-state index contributed by atoms with van der Waals surface area (Å²) in [6.45, 7) is 1.93. The Bertz CT molecular complexity index is 762. The Kier molecular flexibility index (Phi) is 3.79. The van der Waals surface area contributed by atoms with E-state index >= 15 is 0 Å². The monoisotopic (exact) mass is 297 g/mol. The van der Waals surface area contributed by atoms with Crippen LogP contribution in [0.25, 0.3) is 0 Å². The summed E-state index contributed by atoms with van der Waals surface area (Å²) >= 11 is 0. The largest absolute Gasteiger partial charge is 0.343 e. The van der Waals surface area contributed by atoms with Crippen molar-refractivity contribution in [2.24, 2.45) is 13.0 Å². The Morgan fingerprint density at radius 1 is 1.32 bits per heavy atom. The molecule has 2 aromatic rings. The SMILES string of the molecule is Cc1cccc([C@H](NC(=O)c2cccn(C)c2=O)C2CC2)n1. The molecular formula is C17H19N3O2. The number of hydrogen-bond acceptors (Lipinski definition) is 3. The summed E-state index contributed by atoms with van der Waals surface area (Å²) < 4.78 is 1.41. The first-order valence-corrected chi connectivity index (χ1v) is 7.46. The predicted molar refractivity (Wildman–Crippen MR) is 83.6 cm³/mol. The zero-order valence-electron chi connectivity index (χ0n) is 12.7. The zero-order chi connectivity index (χ0) is 15.7. The van der Waals surface area contributed by atoms with E-state index in [0.29, 0.717) is 5.92 Å². The Hall–Kier alpha value is -2.43. The number of nitrogens with zero attached hydrogens (tertiary/aromatic N) is 2. The maximum Gasteiger partial charge on any atom is 0.263 e. The summed E-state index contributed by atoms with van der Waals surface area (Å²) in [6.07, 6.45) is 3.79. The second kappa shape index (κ2) is 5.75. The Labute approximate surface area is 129 Å². The number of carbonyl (C=O) groups excluding carboxylic acids is 1. The normalized spacial score (nSPS) is 15.4. The van der Waals surface area contributed by atoms with Gasteiger partial charge in [0.15, 0.2) is 0 Å². The number of aromatic nitrogens is 2. The van der Waals surface area contributed by atoms with Gasteiger partial charge < -0.3 is 9.88 Å². The van der Waals surface area contributed by atoms with E-state index in [4.69, 9.17) is 0 Å². The first-order valence-electron chi connectivity index (χ1n) is 7.46. The van der Waals surface area contributed by atoms with E-state index in [1.165, 1.54) is 4.57 Å². The molecule has 5 heteroatoms. The van der Waals surface area contributed by atoms with Crippen molar-refractivity contribution in [3.63, 3.8) is 0 Å². The molecule has 2 heterocycles. The predicted octanol–water partition coefficient (Wildman–Crippen LogP) is 1.97. The molecule has 5 nitrogen and oxygen atoms in total. The molecule has 0 aliphatic heterocycles. The van der Waals surface area contributed by atoms with Crippen LogP contribution in [0, 0.1) is 12.8 Å². The third-order valence-electron chi connectivity index (χ3n) is 3.98. The first kappa shape index (κ1) is 14.5. The first-order chi connectivity index (χ1) is 10.6. The number of aryl methyl sites for hydroxylation is 2. The molecule has 1 aliphatic carbocycles. The maximum atomic E-state index is 12.5. The molecule has 1 saturated carbocycles. The Morgan fingerprint density at radius 2 is 2.09 bits per heavy atom. The van der Waals surface area contributed by atoms with Crippen LogP contribution in [0.1, 0.15) is 40.6 Å². The number of nitrogens with one attached hydrogen (secondary N) is 1. The van der Waals surface area contributed by atoms with Crippen molar-refractivity contribution in [3.05, 3.63) is 63.8 Å². The fourth-order valence-corrected chi connectivity index (χ4v) is 2.59. The lowest BCUT2D eigenvalue weighted by atomic mass is 10.1. The van der Waals surface area contributed by atoms with Crippen LogP contribution in [-0.4, -0.2) is 15.5 Å². The minimum atomic E-state index is -0.332. The topological polar surface area (TPSA) is 64.0 Å². The summed E-state index contributed by atoms with van der Waals surface area (Å²) in [5.74, 6) is 0.0761. The van der Waals surface area contributed by atoms with Crippen LogP contribution in [0.15, 0.2) is 41.3 Å². The van der Waals surface area contributed by atoms with Gasteiger partial charge in [0.1, 0.15) is 5.56 Å². The fourth-order valence-electron chi connectivity index (χ4n) is 2.59. The van der Waals surface area contributed by atoms with Crippen molar-refractivity contribution >= 4 is 5.91 Å². The number of rotatable bonds is 4. The highest BCUT2D eigenvalue weighted by Gasteiger charge is 2.34. The van der Waals surface area contributed by atoms with Crippen LogP contribution in [0.4, 0.5) is 0 Å². The molecule has 1 amide bonds. The van der Waals surface area contributed by atoms with Gasteiger partial charge in [-0.15, -0.1) is 0 Å². The molecule has 3 rings (SSSR count). The minimum absolute atomic E-state index is 0.127. The van der Waals surface area contributed by atoms with Crippen molar-refractivity contribution in [1.29, 1.82) is 0 Å². The van der Waals surface area contributed by atoms with Gasteiger partial charge in [-0.25, -0.2) is 0 Å². The lowest BCUT2D eigenvalue weighted by Gasteiger charge is -2.18. The van der Waals surface area contributed by atoms with Crippen LogP contribution in [0.2, 0.25) is 0 Å². The summed E-state index contributed by atoms with van der Waals surface area (Å²) in [5, 5.41) is 2.99. The quantitative estimate of drug-likeness (QED) is 0.938. The van der Waals surface area contributed by atoms with Crippen molar-refractivity contribution in [2.45, 2.75) is 25.8 Å². The van der Waals surface area contributed by atoms with E-state index < -0.39 is 0 Å². The molecule has 1 aliphatic rings. The van der Waals surface area contributed by atoms with Gasteiger partial charge >= 0.3 is 0 Å². The van der Waals surface area contributed by atoms with E-state index in [-0.39, 0.29) is 23.1 Å². The number of amides is 1. The molecule has 2 aromatic heterocycles. The van der Waals surface area contributed by atoms with E-state index in [9.17, 15) is 9.59 Å². The molecule has 0 radical (unpaired) electrons. The molecule has 1 N–H and O–H groups in total. The van der Waals surface area contributed by atoms with E-state index in [0.717, 1.165) is 24.2 Å². The molecule has 22 heavy (non-hydrogen) atoms.